The summed E-state index contributed by atoms with van der Waals surface area (Å²) < 4.78 is 5.35. The van der Waals surface area contributed by atoms with Crippen molar-refractivity contribution in [2.45, 2.75) is 123 Å². The number of carboxylic acids is 1. The Morgan fingerprint density at radius 1 is 0.824 bits per heavy atom. The van der Waals surface area contributed by atoms with Gasteiger partial charge in [0.15, 0.2) is 0 Å². The molecule has 4 atom stereocenters. The van der Waals surface area contributed by atoms with E-state index in [1.165, 1.54) is 7.11 Å². The Morgan fingerprint density at radius 3 is 1.59 bits per heavy atom. The molecule has 0 saturated carbocycles. The predicted molar refractivity (Wildman–Crippen MR) is 144 cm³/mol. The van der Waals surface area contributed by atoms with Crippen LogP contribution in [0.2, 0.25) is 0 Å². The maximum atomic E-state index is 13.2. The van der Waals surface area contributed by atoms with Gasteiger partial charge in [-0.05, 0) is 45.3 Å². The normalized spacial score (nSPS) is 17.6. The van der Waals surface area contributed by atoms with Gasteiger partial charge in [-0.2, -0.15) is 0 Å². The molecule has 4 heteroatoms. The van der Waals surface area contributed by atoms with E-state index in [4.69, 9.17) is 4.74 Å². The Bertz CT molecular complexity index is 682. The van der Waals surface area contributed by atoms with Crippen molar-refractivity contribution in [3.63, 3.8) is 0 Å². The van der Waals surface area contributed by atoms with Crippen molar-refractivity contribution >= 4 is 11.9 Å². The molecule has 0 aromatic carbocycles. The van der Waals surface area contributed by atoms with Gasteiger partial charge >= 0.3 is 11.9 Å². The minimum Gasteiger partial charge on any atom is -0.481 e. The molecule has 0 bridgehead atoms. The van der Waals surface area contributed by atoms with Crippen molar-refractivity contribution in [2.24, 2.45) is 50.7 Å². The number of aliphatic carboxylic acids is 1. The Morgan fingerprint density at radius 2 is 1.26 bits per heavy atom. The highest BCUT2D eigenvalue weighted by Gasteiger charge is 2.55. The first kappa shape index (κ1) is 32.9. The van der Waals surface area contributed by atoms with Gasteiger partial charge < -0.3 is 9.84 Å². The van der Waals surface area contributed by atoms with Gasteiger partial charge in [-0.15, -0.1) is 0 Å². The van der Waals surface area contributed by atoms with Gasteiger partial charge in [0, 0.05) is 0 Å². The maximum Gasteiger partial charge on any atom is 0.309 e. The molecule has 1 N–H and O–H groups in total. The molecule has 0 aliphatic heterocycles. The van der Waals surface area contributed by atoms with E-state index >= 15 is 0 Å². The second-order valence-corrected chi connectivity index (χ2v) is 13.6. The molecule has 0 aliphatic carbocycles. The molecule has 4 unspecified atom stereocenters. The van der Waals surface area contributed by atoms with Gasteiger partial charge in [-0.25, -0.2) is 0 Å². The van der Waals surface area contributed by atoms with Gasteiger partial charge in [0.05, 0.1) is 18.9 Å². The highest BCUT2D eigenvalue weighted by Crippen LogP contribution is 2.58. The highest BCUT2D eigenvalue weighted by molar-refractivity contribution is 5.73. The zero-order valence-corrected chi connectivity index (χ0v) is 25.3. The second-order valence-electron chi connectivity index (χ2n) is 13.6. The van der Waals surface area contributed by atoms with Crippen molar-refractivity contribution in [3.8, 4) is 0 Å². The summed E-state index contributed by atoms with van der Waals surface area (Å²) in [5.41, 5.74) is -1.28. The molecule has 0 spiro atoms. The lowest BCUT2D eigenvalue weighted by Gasteiger charge is -2.55. The molecule has 0 aromatic rings. The smallest absolute Gasteiger partial charge is 0.309 e. The van der Waals surface area contributed by atoms with Crippen molar-refractivity contribution in [2.75, 3.05) is 7.11 Å². The van der Waals surface area contributed by atoms with E-state index in [1.54, 1.807) is 0 Å². The van der Waals surface area contributed by atoms with Crippen LogP contribution in [0.3, 0.4) is 0 Å². The van der Waals surface area contributed by atoms with Gasteiger partial charge in [-0.3, -0.25) is 9.59 Å². The topological polar surface area (TPSA) is 63.6 Å². The zero-order valence-electron chi connectivity index (χ0n) is 25.3. The van der Waals surface area contributed by atoms with Crippen LogP contribution in [-0.2, 0) is 14.3 Å². The molecule has 0 amide bonds. The monoisotopic (exact) mass is 482 g/mol. The summed E-state index contributed by atoms with van der Waals surface area (Å²) >= 11 is 0. The zero-order chi connectivity index (χ0) is 27.5. The molecule has 0 aromatic heterocycles. The number of esters is 1. The molecule has 0 aliphatic rings. The van der Waals surface area contributed by atoms with Gasteiger partial charge in [0.1, 0.15) is 0 Å². The Balaban J connectivity index is 6.53. The van der Waals surface area contributed by atoms with Crippen LogP contribution in [0.1, 0.15) is 123 Å². The van der Waals surface area contributed by atoms with E-state index in [2.05, 4.69) is 96.9 Å². The third kappa shape index (κ3) is 6.01. The maximum absolute atomic E-state index is 13.2. The summed E-state index contributed by atoms with van der Waals surface area (Å²) in [5, 5.41) is 10.4. The van der Waals surface area contributed by atoms with Crippen LogP contribution in [0.5, 0.6) is 0 Å². The molecule has 34 heavy (non-hydrogen) atoms. The lowest BCUT2D eigenvalue weighted by atomic mass is 9.49. The van der Waals surface area contributed by atoms with E-state index in [-0.39, 0.29) is 50.8 Å². The summed E-state index contributed by atoms with van der Waals surface area (Å²) in [6.07, 6.45) is 3.55. The van der Waals surface area contributed by atoms with E-state index in [9.17, 15) is 14.7 Å². The van der Waals surface area contributed by atoms with Gasteiger partial charge in [-0.1, -0.05) is 116 Å². The number of carbonyl (C=O) groups is 2. The molecule has 0 saturated heterocycles. The SMILES string of the molecule is CCC(C)C(C)(C)C(C(=O)O)C(C)C(C)(C)C(C)(C)CC(C(=O)OC)C(C)(C)C(C)(CC)CC. The average molecular weight is 483 g/mol. The van der Waals surface area contributed by atoms with Crippen LogP contribution in [0.15, 0.2) is 0 Å². The van der Waals surface area contributed by atoms with E-state index in [0.717, 1.165) is 19.3 Å². The number of carboxylic acid groups (broad SMARTS) is 1. The Labute approximate surface area is 212 Å². The highest BCUT2D eigenvalue weighted by atomic mass is 16.5. The molecular formula is C30H58O4. The number of hydrogen-bond donors (Lipinski definition) is 1. The van der Waals surface area contributed by atoms with Crippen LogP contribution in [0.4, 0.5) is 0 Å². The lowest BCUT2D eigenvalue weighted by Crippen LogP contribution is -2.52. The summed E-state index contributed by atoms with van der Waals surface area (Å²) in [5.74, 6) is -1.46. The van der Waals surface area contributed by atoms with Crippen molar-refractivity contribution < 1.29 is 19.4 Å². The minimum atomic E-state index is -0.726. The third-order valence-electron chi connectivity index (χ3n) is 11.5. The number of rotatable bonds is 14. The Hall–Kier alpha value is -1.06. The van der Waals surface area contributed by atoms with Crippen LogP contribution < -0.4 is 0 Å². The first-order valence-electron chi connectivity index (χ1n) is 13.5. The molecule has 0 fully saturated rings. The van der Waals surface area contributed by atoms with Gasteiger partial charge in [0.25, 0.3) is 0 Å². The molecular weight excluding hydrogens is 424 g/mol. The summed E-state index contributed by atoms with van der Waals surface area (Å²) in [6, 6.07) is 0. The third-order valence-corrected chi connectivity index (χ3v) is 11.5. The fourth-order valence-electron chi connectivity index (χ4n) is 6.17. The van der Waals surface area contributed by atoms with E-state index < -0.39 is 11.9 Å². The molecule has 0 rings (SSSR count). The van der Waals surface area contributed by atoms with Crippen LogP contribution in [0, 0.1) is 50.7 Å². The lowest BCUT2D eigenvalue weighted by molar-refractivity contribution is -0.164. The number of hydrogen-bond acceptors (Lipinski definition) is 3. The first-order chi connectivity index (χ1) is 15.2. The minimum absolute atomic E-state index is 0.0140. The average Bonchev–Trinajstić information content (AvgIpc) is 2.74. The van der Waals surface area contributed by atoms with Crippen molar-refractivity contribution in [3.05, 3.63) is 0 Å². The van der Waals surface area contributed by atoms with Crippen molar-refractivity contribution in [1.29, 1.82) is 0 Å². The Kier molecular flexibility index (Phi) is 11.0. The quantitative estimate of drug-likeness (QED) is 0.252. The molecule has 4 nitrogen and oxygen atoms in total. The fraction of sp³-hybridized carbons (Fsp3) is 0.933. The van der Waals surface area contributed by atoms with Crippen LogP contribution >= 0.6 is 0 Å². The molecule has 202 valence electrons. The summed E-state index contributed by atoms with van der Waals surface area (Å²) in [7, 11) is 1.48. The fourth-order valence-corrected chi connectivity index (χ4v) is 6.17. The first-order valence-corrected chi connectivity index (χ1v) is 13.5. The summed E-state index contributed by atoms with van der Waals surface area (Å²) in [4.78, 5) is 25.9. The molecule has 0 heterocycles. The predicted octanol–water partition coefficient (Wildman–Crippen LogP) is 8.48. The number of ether oxygens (including phenoxy) is 1. The van der Waals surface area contributed by atoms with E-state index in [1.807, 2.05) is 0 Å². The van der Waals surface area contributed by atoms with E-state index in [0.29, 0.717) is 6.42 Å². The van der Waals surface area contributed by atoms with Crippen LogP contribution in [-0.4, -0.2) is 24.2 Å². The van der Waals surface area contributed by atoms with Gasteiger partial charge in [0.2, 0.25) is 0 Å². The largest absolute Gasteiger partial charge is 0.481 e. The van der Waals surface area contributed by atoms with Crippen molar-refractivity contribution in [1.82, 2.24) is 0 Å². The molecule has 0 radical (unpaired) electrons. The standard InChI is InChI=1S/C30H58O4/c1-16-20(4)27(8,9)23(24(31)32)21(5)28(10,11)26(6,7)19-22(25(33)34-15)29(12,13)30(14,17-2)18-3/h20-23H,16-19H2,1-15H3,(H,31,32). The number of carbonyl (C=O) groups excluding carboxylic acids is 1. The number of methoxy groups -OCH3 is 1. The second kappa shape index (κ2) is 11.3. The summed E-state index contributed by atoms with van der Waals surface area (Å²) in [6.45, 7) is 30.5. The van der Waals surface area contributed by atoms with Crippen LogP contribution in [0.25, 0.3) is 0 Å².